The van der Waals surface area contributed by atoms with Crippen molar-refractivity contribution in [2.45, 2.75) is 52.5 Å². The summed E-state index contributed by atoms with van der Waals surface area (Å²) >= 11 is 0. The third-order valence-electron chi connectivity index (χ3n) is 7.88. The molecule has 9 heteroatoms. The van der Waals surface area contributed by atoms with Crippen LogP contribution in [0.25, 0.3) is 5.65 Å². The molecule has 200 valence electrons. The molecule has 0 spiro atoms. The third kappa shape index (κ3) is 4.85. The summed E-state index contributed by atoms with van der Waals surface area (Å²) in [5, 5.41) is 12.9. The second-order valence-electron chi connectivity index (χ2n) is 10.5. The number of para-hydroxylation sites is 1. The molecule has 1 amide bonds. The van der Waals surface area contributed by atoms with Gasteiger partial charge in [0, 0.05) is 49.5 Å². The number of hydrogen-bond acceptors (Lipinski definition) is 6. The van der Waals surface area contributed by atoms with E-state index in [2.05, 4.69) is 10.2 Å². The first-order chi connectivity index (χ1) is 18.2. The fourth-order valence-electron chi connectivity index (χ4n) is 5.79. The molecule has 3 heterocycles. The summed E-state index contributed by atoms with van der Waals surface area (Å²) < 4.78 is 1.59. The number of pyridine rings is 1. The second-order valence-corrected chi connectivity index (χ2v) is 10.5. The second kappa shape index (κ2) is 10.5. The van der Waals surface area contributed by atoms with E-state index >= 15 is 0 Å². The maximum absolute atomic E-state index is 13.5. The van der Waals surface area contributed by atoms with E-state index in [1.54, 1.807) is 41.8 Å². The standard InChI is InChI=1S/C29H35N5O4/c1-18-16-23(20(3)30-24-11-7-6-10-22(24)29(37)38)26-31-25(19(2)27(35)34(26)17-18)32-12-14-33(15-13-32)28(36)21-8-4-5-9-21/h6-7,10-11,16-17,20-21,30H,4-5,8-9,12-15H2,1-3H3,(H,37,38). The lowest BCUT2D eigenvalue weighted by Crippen LogP contribution is -2.51. The highest BCUT2D eigenvalue weighted by atomic mass is 16.4. The van der Waals surface area contributed by atoms with Gasteiger partial charge in [0.05, 0.1) is 17.2 Å². The lowest BCUT2D eigenvalue weighted by Gasteiger charge is -2.37. The average Bonchev–Trinajstić information content (AvgIpc) is 3.45. The summed E-state index contributed by atoms with van der Waals surface area (Å²) in [5.74, 6) is 0.0703. The van der Waals surface area contributed by atoms with Crippen LogP contribution in [0.5, 0.6) is 0 Å². The largest absolute Gasteiger partial charge is 0.478 e. The number of benzene rings is 1. The number of aromatic nitrogens is 2. The van der Waals surface area contributed by atoms with Gasteiger partial charge in [-0.05, 0) is 57.4 Å². The van der Waals surface area contributed by atoms with Crippen molar-refractivity contribution in [3.63, 3.8) is 0 Å². The molecule has 38 heavy (non-hydrogen) atoms. The van der Waals surface area contributed by atoms with Gasteiger partial charge in [0.1, 0.15) is 11.5 Å². The fourth-order valence-corrected chi connectivity index (χ4v) is 5.79. The number of amides is 1. The minimum absolute atomic E-state index is 0.127. The van der Waals surface area contributed by atoms with Gasteiger partial charge < -0.3 is 20.2 Å². The maximum atomic E-state index is 13.5. The van der Waals surface area contributed by atoms with E-state index in [4.69, 9.17) is 4.98 Å². The Kier molecular flexibility index (Phi) is 7.10. The summed E-state index contributed by atoms with van der Waals surface area (Å²) in [5.41, 5.74) is 3.39. The first-order valence-corrected chi connectivity index (χ1v) is 13.4. The van der Waals surface area contributed by atoms with Crippen LogP contribution in [0.3, 0.4) is 0 Å². The van der Waals surface area contributed by atoms with Gasteiger partial charge in [-0.2, -0.15) is 0 Å². The zero-order chi connectivity index (χ0) is 27.0. The molecule has 9 nitrogen and oxygen atoms in total. The molecule has 2 aromatic heterocycles. The van der Waals surface area contributed by atoms with E-state index in [-0.39, 0.29) is 29.0 Å². The quantitative estimate of drug-likeness (QED) is 0.509. The molecule has 1 atom stereocenters. The molecule has 0 bridgehead atoms. The first-order valence-electron chi connectivity index (χ1n) is 13.4. The maximum Gasteiger partial charge on any atom is 0.337 e. The van der Waals surface area contributed by atoms with E-state index in [0.717, 1.165) is 36.8 Å². The highest BCUT2D eigenvalue weighted by molar-refractivity contribution is 5.94. The SMILES string of the molecule is Cc1cc(C(C)Nc2ccccc2C(=O)O)c2nc(N3CCN(C(=O)C4CCCC4)CC3)c(C)c(=O)n2c1. The Bertz CT molecular complexity index is 1430. The molecule has 1 saturated carbocycles. The molecule has 0 radical (unpaired) electrons. The molecule has 2 aliphatic rings. The molecule has 1 saturated heterocycles. The van der Waals surface area contributed by atoms with Crippen LogP contribution in [-0.4, -0.2) is 57.4 Å². The Morgan fingerprint density at radius 3 is 2.45 bits per heavy atom. The predicted octanol–water partition coefficient (Wildman–Crippen LogP) is 4.02. The van der Waals surface area contributed by atoms with Crippen LogP contribution >= 0.6 is 0 Å². The van der Waals surface area contributed by atoms with Gasteiger partial charge in [-0.3, -0.25) is 14.0 Å². The van der Waals surface area contributed by atoms with Crippen molar-refractivity contribution in [3.8, 4) is 0 Å². The number of carboxylic acid groups (broad SMARTS) is 1. The lowest BCUT2D eigenvalue weighted by atomic mass is 10.1. The molecule has 1 unspecified atom stereocenters. The van der Waals surface area contributed by atoms with Crippen LogP contribution in [0.2, 0.25) is 0 Å². The number of rotatable bonds is 6. The van der Waals surface area contributed by atoms with Gasteiger partial charge in [-0.15, -0.1) is 0 Å². The zero-order valence-electron chi connectivity index (χ0n) is 22.2. The number of nitrogens with one attached hydrogen (secondary N) is 1. The normalized spacial score (nSPS) is 17.1. The number of anilines is 2. The van der Waals surface area contributed by atoms with Crippen LogP contribution < -0.4 is 15.8 Å². The minimum atomic E-state index is -1.01. The van der Waals surface area contributed by atoms with Crippen molar-refractivity contribution in [2.75, 3.05) is 36.4 Å². The van der Waals surface area contributed by atoms with Crippen molar-refractivity contribution in [2.24, 2.45) is 5.92 Å². The van der Waals surface area contributed by atoms with Gasteiger partial charge in [0.15, 0.2) is 0 Å². The number of nitrogens with zero attached hydrogens (tertiary/aromatic N) is 4. The molecule has 1 aliphatic carbocycles. The van der Waals surface area contributed by atoms with Gasteiger partial charge in [0.2, 0.25) is 5.91 Å². The van der Waals surface area contributed by atoms with Crippen molar-refractivity contribution < 1.29 is 14.7 Å². The fraction of sp³-hybridized carbons (Fsp3) is 0.448. The topological polar surface area (TPSA) is 107 Å². The molecule has 1 aromatic carbocycles. The molecule has 5 rings (SSSR count). The number of fused-ring (bicyclic) bond motifs is 1. The zero-order valence-corrected chi connectivity index (χ0v) is 22.2. The molecule has 2 fully saturated rings. The van der Waals surface area contributed by atoms with Crippen LogP contribution in [0.15, 0.2) is 41.3 Å². The number of carbonyl (C=O) groups excluding carboxylic acids is 1. The Morgan fingerprint density at radius 2 is 1.76 bits per heavy atom. The highest BCUT2D eigenvalue weighted by Gasteiger charge is 2.30. The number of carbonyl (C=O) groups is 2. The van der Waals surface area contributed by atoms with Crippen LogP contribution in [0.4, 0.5) is 11.5 Å². The van der Waals surface area contributed by atoms with Gasteiger partial charge in [0.25, 0.3) is 5.56 Å². The Morgan fingerprint density at radius 1 is 1.08 bits per heavy atom. The highest BCUT2D eigenvalue weighted by Crippen LogP contribution is 2.29. The number of hydrogen-bond donors (Lipinski definition) is 2. The van der Waals surface area contributed by atoms with Gasteiger partial charge in [-0.1, -0.05) is 25.0 Å². The average molecular weight is 518 g/mol. The third-order valence-corrected chi connectivity index (χ3v) is 7.88. The summed E-state index contributed by atoms with van der Waals surface area (Å²) in [6.45, 7) is 8.18. The van der Waals surface area contributed by atoms with E-state index in [1.165, 1.54) is 0 Å². The van der Waals surface area contributed by atoms with Gasteiger partial charge in [-0.25, -0.2) is 9.78 Å². The van der Waals surface area contributed by atoms with Crippen molar-refractivity contribution in [3.05, 3.63) is 69.1 Å². The summed E-state index contributed by atoms with van der Waals surface area (Å²) in [6, 6.07) is 8.45. The molecule has 2 N–H and O–H groups in total. The van der Waals surface area contributed by atoms with E-state index < -0.39 is 5.97 Å². The van der Waals surface area contributed by atoms with E-state index in [1.807, 2.05) is 24.8 Å². The molecule has 1 aliphatic heterocycles. The van der Waals surface area contributed by atoms with E-state index in [9.17, 15) is 19.5 Å². The van der Waals surface area contributed by atoms with Crippen molar-refractivity contribution in [1.29, 1.82) is 0 Å². The summed E-state index contributed by atoms with van der Waals surface area (Å²) in [4.78, 5) is 47.2. The summed E-state index contributed by atoms with van der Waals surface area (Å²) in [6.07, 6.45) is 6.05. The monoisotopic (exact) mass is 517 g/mol. The molecular formula is C29H35N5O4. The predicted molar refractivity (Wildman–Crippen MR) is 147 cm³/mol. The van der Waals surface area contributed by atoms with E-state index in [0.29, 0.717) is 48.9 Å². The minimum Gasteiger partial charge on any atom is -0.478 e. The Labute approximate surface area is 222 Å². The van der Waals surface area contributed by atoms with Gasteiger partial charge >= 0.3 is 5.97 Å². The number of piperazine rings is 1. The van der Waals surface area contributed by atoms with Crippen molar-refractivity contribution in [1.82, 2.24) is 14.3 Å². The van der Waals surface area contributed by atoms with Crippen molar-refractivity contribution >= 4 is 29.0 Å². The Hall–Kier alpha value is -3.88. The Balaban J connectivity index is 1.46. The smallest absolute Gasteiger partial charge is 0.337 e. The van der Waals surface area contributed by atoms with Crippen LogP contribution in [0.1, 0.15) is 65.7 Å². The molecule has 3 aromatic rings. The number of carboxylic acids is 1. The number of aryl methyl sites for hydroxylation is 1. The lowest BCUT2D eigenvalue weighted by molar-refractivity contribution is -0.135. The molecular weight excluding hydrogens is 482 g/mol. The van der Waals surface area contributed by atoms with Crippen LogP contribution in [0, 0.1) is 19.8 Å². The summed E-state index contributed by atoms with van der Waals surface area (Å²) in [7, 11) is 0. The number of aromatic carboxylic acids is 1. The van der Waals surface area contributed by atoms with Crippen LogP contribution in [-0.2, 0) is 4.79 Å². The first kappa shape index (κ1) is 25.8.